The highest BCUT2D eigenvalue weighted by atomic mass is 35.5. The van der Waals surface area contributed by atoms with Gasteiger partial charge in [0.25, 0.3) is 0 Å². The fraction of sp³-hybridized carbons (Fsp3) is 0.174. The zero-order chi connectivity index (χ0) is 23.4. The minimum atomic E-state index is -0.832. The zero-order valence-electron chi connectivity index (χ0n) is 17.3. The van der Waals surface area contributed by atoms with Crippen LogP contribution in [-0.4, -0.2) is 24.0 Å². The Morgan fingerprint density at radius 1 is 1.19 bits per heavy atom. The molecule has 5 nitrogen and oxygen atoms in total. The Labute approximate surface area is 193 Å². The fourth-order valence-corrected chi connectivity index (χ4v) is 3.97. The third-order valence-electron chi connectivity index (χ3n) is 4.60. The number of ether oxygens (including phenoxy) is 1. The molecule has 0 bridgehead atoms. The SMILES string of the molecule is Cc1ccc(OC(C)CN)c(-c2cc(NSc3cc(C=O)cc(Cl)c3O)c(F)cc2F)c1. The highest BCUT2D eigenvalue weighted by molar-refractivity contribution is 8.00. The molecule has 4 N–H and O–H groups in total. The predicted molar refractivity (Wildman–Crippen MR) is 124 cm³/mol. The first-order chi connectivity index (χ1) is 15.2. The topological polar surface area (TPSA) is 84.6 Å². The number of carbonyl (C=O) groups is 1. The third kappa shape index (κ3) is 5.32. The molecule has 3 rings (SSSR count). The average molecular weight is 479 g/mol. The largest absolute Gasteiger partial charge is 0.505 e. The lowest BCUT2D eigenvalue weighted by molar-refractivity contribution is 0.112. The molecule has 0 aliphatic rings. The molecule has 1 unspecified atom stereocenters. The molecule has 3 aromatic rings. The summed E-state index contributed by atoms with van der Waals surface area (Å²) in [7, 11) is 0. The van der Waals surface area contributed by atoms with Crippen molar-refractivity contribution in [2.75, 3.05) is 11.3 Å². The number of aryl methyl sites for hydroxylation is 1. The molecule has 0 aliphatic carbocycles. The Morgan fingerprint density at radius 2 is 1.94 bits per heavy atom. The number of aromatic hydroxyl groups is 1. The van der Waals surface area contributed by atoms with Crippen molar-refractivity contribution >= 4 is 35.5 Å². The molecule has 0 saturated carbocycles. The summed E-state index contributed by atoms with van der Waals surface area (Å²) in [5.41, 5.74) is 7.29. The highest BCUT2D eigenvalue weighted by Gasteiger charge is 2.18. The molecule has 0 radical (unpaired) electrons. The van der Waals surface area contributed by atoms with E-state index < -0.39 is 11.6 Å². The Morgan fingerprint density at radius 3 is 2.62 bits per heavy atom. The van der Waals surface area contributed by atoms with Crippen LogP contribution in [0.4, 0.5) is 14.5 Å². The molecule has 0 heterocycles. The number of anilines is 1. The van der Waals surface area contributed by atoms with Crippen molar-refractivity contribution in [1.29, 1.82) is 0 Å². The second kappa shape index (κ2) is 10.2. The van der Waals surface area contributed by atoms with Crippen LogP contribution in [0.3, 0.4) is 0 Å². The van der Waals surface area contributed by atoms with E-state index in [4.69, 9.17) is 22.1 Å². The molecular weight excluding hydrogens is 458 g/mol. The first-order valence-corrected chi connectivity index (χ1v) is 10.8. The lowest BCUT2D eigenvalue weighted by Crippen LogP contribution is -2.23. The molecule has 1 atom stereocenters. The van der Waals surface area contributed by atoms with E-state index in [0.29, 0.717) is 17.6 Å². The summed E-state index contributed by atoms with van der Waals surface area (Å²) in [5, 5.41) is 10.1. The molecule has 0 saturated heterocycles. The van der Waals surface area contributed by atoms with Gasteiger partial charge in [0.05, 0.1) is 15.6 Å². The molecule has 9 heteroatoms. The molecule has 32 heavy (non-hydrogen) atoms. The Kier molecular flexibility index (Phi) is 7.60. The number of benzene rings is 3. The number of aldehydes is 1. The molecule has 168 valence electrons. The van der Waals surface area contributed by atoms with Gasteiger partial charge in [0.2, 0.25) is 0 Å². The van der Waals surface area contributed by atoms with Crippen molar-refractivity contribution in [3.8, 4) is 22.6 Å². The van der Waals surface area contributed by atoms with E-state index in [2.05, 4.69) is 4.72 Å². The van der Waals surface area contributed by atoms with E-state index in [0.717, 1.165) is 23.6 Å². The van der Waals surface area contributed by atoms with E-state index in [-0.39, 0.29) is 45.1 Å². The van der Waals surface area contributed by atoms with Crippen LogP contribution in [0.15, 0.2) is 47.4 Å². The van der Waals surface area contributed by atoms with Gasteiger partial charge >= 0.3 is 0 Å². The molecular formula is C23H21ClF2N2O3S. The maximum Gasteiger partial charge on any atom is 0.150 e. The number of halogens is 3. The van der Waals surface area contributed by atoms with E-state index >= 15 is 0 Å². The molecule has 0 aliphatic heterocycles. The van der Waals surface area contributed by atoms with Gasteiger partial charge in [0, 0.05) is 29.3 Å². The van der Waals surface area contributed by atoms with Crippen LogP contribution in [0.1, 0.15) is 22.8 Å². The van der Waals surface area contributed by atoms with Crippen LogP contribution < -0.4 is 15.2 Å². The monoisotopic (exact) mass is 478 g/mol. The van der Waals surface area contributed by atoms with E-state index in [9.17, 15) is 18.7 Å². The minimum Gasteiger partial charge on any atom is -0.505 e. The molecule has 0 fully saturated rings. The van der Waals surface area contributed by atoms with Gasteiger partial charge in [-0.2, -0.15) is 0 Å². The lowest BCUT2D eigenvalue weighted by atomic mass is 10.0. The predicted octanol–water partition coefficient (Wildman–Crippen LogP) is 5.96. The second-order valence-electron chi connectivity index (χ2n) is 7.15. The standard InChI is InChI=1S/C23H21ClF2N2O3S/c1-12-3-4-21(31-13(2)10-27)16(5-12)15-8-20(19(26)9-18(15)25)28-32-22-7-14(11-29)6-17(24)23(22)30/h3-9,11,13,28,30H,10,27H2,1-2H3. The van der Waals surface area contributed by atoms with Gasteiger partial charge in [-0.1, -0.05) is 23.2 Å². The number of hydrogen-bond donors (Lipinski definition) is 3. The number of phenols is 1. The van der Waals surface area contributed by atoms with Crippen LogP contribution in [-0.2, 0) is 0 Å². The number of rotatable bonds is 8. The fourth-order valence-electron chi connectivity index (χ4n) is 2.91. The molecule has 0 amide bonds. The molecule has 3 aromatic carbocycles. The van der Waals surface area contributed by atoms with Crippen LogP contribution in [0.25, 0.3) is 11.1 Å². The smallest absolute Gasteiger partial charge is 0.150 e. The van der Waals surface area contributed by atoms with Crippen molar-refractivity contribution < 1.29 is 23.4 Å². The van der Waals surface area contributed by atoms with Crippen molar-refractivity contribution in [2.45, 2.75) is 24.8 Å². The van der Waals surface area contributed by atoms with Crippen LogP contribution in [0, 0.1) is 18.6 Å². The van der Waals surface area contributed by atoms with Crippen molar-refractivity contribution in [1.82, 2.24) is 0 Å². The van der Waals surface area contributed by atoms with Gasteiger partial charge in [-0.05, 0) is 56.1 Å². The van der Waals surface area contributed by atoms with Gasteiger partial charge in [0.1, 0.15) is 35.5 Å². The summed E-state index contributed by atoms with van der Waals surface area (Å²) >= 11 is 6.76. The van der Waals surface area contributed by atoms with Crippen LogP contribution in [0.5, 0.6) is 11.5 Å². The van der Waals surface area contributed by atoms with Gasteiger partial charge in [0.15, 0.2) is 0 Å². The molecule has 0 aromatic heterocycles. The summed E-state index contributed by atoms with van der Waals surface area (Å²) in [4.78, 5) is 11.3. The van der Waals surface area contributed by atoms with E-state index in [1.165, 1.54) is 18.2 Å². The second-order valence-corrected chi connectivity index (χ2v) is 8.40. The normalized spacial score (nSPS) is 11.8. The zero-order valence-corrected chi connectivity index (χ0v) is 18.9. The molecule has 0 spiro atoms. The van der Waals surface area contributed by atoms with Gasteiger partial charge in [-0.15, -0.1) is 0 Å². The number of nitrogens with two attached hydrogens (primary N) is 1. The van der Waals surface area contributed by atoms with Gasteiger partial charge < -0.3 is 20.3 Å². The maximum atomic E-state index is 14.8. The van der Waals surface area contributed by atoms with Crippen molar-refractivity contribution in [2.24, 2.45) is 5.73 Å². The lowest BCUT2D eigenvalue weighted by Gasteiger charge is -2.18. The third-order valence-corrected chi connectivity index (χ3v) is 5.74. The highest BCUT2D eigenvalue weighted by Crippen LogP contribution is 2.39. The number of phenolic OH excluding ortho intramolecular Hbond substituents is 1. The summed E-state index contributed by atoms with van der Waals surface area (Å²) < 4.78 is 37.9. The van der Waals surface area contributed by atoms with E-state index in [1.54, 1.807) is 19.1 Å². The summed E-state index contributed by atoms with van der Waals surface area (Å²) in [5.74, 6) is -1.44. The van der Waals surface area contributed by atoms with Crippen molar-refractivity contribution in [3.63, 3.8) is 0 Å². The Balaban J connectivity index is 1.99. The van der Waals surface area contributed by atoms with Crippen LogP contribution in [0.2, 0.25) is 5.02 Å². The van der Waals surface area contributed by atoms with E-state index in [1.807, 2.05) is 13.0 Å². The summed E-state index contributed by atoms with van der Waals surface area (Å²) in [6.45, 7) is 3.91. The first kappa shape index (κ1) is 23.8. The number of carbonyl (C=O) groups excluding carboxylic acids is 1. The Bertz CT molecular complexity index is 1160. The maximum absolute atomic E-state index is 14.8. The van der Waals surface area contributed by atoms with Crippen LogP contribution >= 0.6 is 23.5 Å². The van der Waals surface area contributed by atoms with Crippen molar-refractivity contribution in [3.05, 3.63) is 70.2 Å². The average Bonchev–Trinajstić information content (AvgIpc) is 2.76. The number of hydrogen-bond acceptors (Lipinski definition) is 6. The number of nitrogens with one attached hydrogen (secondary N) is 1. The Hall–Kier alpha value is -2.81. The quantitative estimate of drug-likeness (QED) is 0.274. The van der Waals surface area contributed by atoms with Gasteiger partial charge in [-0.25, -0.2) is 8.78 Å². The van der Waals surface area contributed by atoms with Gasteiger partial charge in [-0.3, -0.25) is 4.79 Å². The summed E-state index contributed by atoms with van der Waals surface area (Å²) in [6.07, 6.45) is 0.277. The minimum absolute atomic E-state index is 0.0188. The summed E-state index contributed by atoms with van der Waals surface area (Å²) in [6, 6.07) is 10.1. The first-order valence-electron chi connectivity index (χ1n) is 9.60.